The largest absolute Gasteiger partial charge is 0.395 e. The zero-order valence-corrected chi connectivity index (χ0v) is 13.2. The van der Waals surface area contributed by atoms with Gasteiger partial charge in [0.05, 0.1) is 6.61 Å². The van der Waals surface area contributed by atoms with E-state index in [1.54, 1.807) is 6.20 Å². The van der Waals surface area contributed by atoms with Crippen LogP contribution in [0.25, 0.3) is 5.65 Å². The van der Waals surface area contributed by atoms with Gasteiger partial charge in [-0.15, -0.1) is 14.3 Å². The van der Waals surface area contributed by atoms with Crippen molar-refractivity contribution in [2.75, 3.05) is 36.9 Å². The molecule has 1 aliphatic heterocycles. The van der Waals surface area contributed by atoms with Crippen molar-refractivity contribution in [1.82, 2.24) is 19.9 Å². The zero-order chi connectivity index (χ0) is 15.7. The second kappa shape index (κ2) is 6.06. The number of anilines is 2. The molecule has 8 nitrogen and oxygen atoms in total. The maximum absolute atomic E-state index is 12.2. The van der Waals surface area contributed by atoms with Crippen LogP contribution >= 0.6 is 9.24 Å². The quantitative estimate of drug-likeness (QED) is 0.654. The van der Waals surface area contributed by atoms with Gasteiger partial charge in [-0.3, -0.25) is 4.79 Å². The lowest BCUT2D eigenvalue weighted by atomic mass is 10.3. The van der Waals surface area contributed by atoms with E-state index in [9.17, 15) is 4.79 Å². The molecule has 118 valence electrons. The third-order valence-electron chi connectivity index (χ3n) is 3.67. The Labute approximate surface area is 129 Å². The van der Waals surface area contributed by atoms with Crippen LogP contribution in [0.1, 0.15) is 16.8 Å². The second-order valence-electron chi connectivity index (χ2n) is 5.29. The molecule has 9 heteroatoms. The van der Waals surface area contributed by atoms with Gasteiger partial charge in [0.15, 0.2) is 11.5 Å². The van der Waals surface area contributed by atoms with Crippen molar-refractivity contribution < 1.29 is 9.90 Å². The summed E-state index contributed by atoms with van der Waals surface area (Å²) in [6.45, 7) is 1.89. The molecule has 4 N–H and O–H groups in total. The highest BCUT2D eigenvalue weighted by atomic mass is 31.0. The lowest BCUT2D eigenvalue weighted by Crippen LogP contribution is -2.27. The summed E-state index contributed by atoms with van der Waals surface area (Å²) >= 11 is 0. The standard InChI is InChI=1S/C13H19N6O2P/c14-11-10(13(21)15-3-6-20)12-16-9(2-5-19(12)17-11)18-4-1-8(22)7-18/h2,5,8,20H,1,3-4,6-7,22H2,(H2,14,17)(H,15,21). The van der Waals surface area contributed by atoms with Crippen molar-refractivity contribution >= 4 is 32.4 Å². The van der Waals surface area contributed by atoms with Crippen LogP contribution in [-0.4, -0.2) is 57.5 Å². The van der Waals surface area contributed by atoms with Crippen LogP contribution in [0, 0.1) is 0 Å². The molecule has 2 aromatic heterocycles. The lowest BCUT2D eigenvalue weighted by Gasteiger charge is -2.16. The molecule has 0 aromatic carbocycles. The number of nitrogens with one attached hydrogen (secondary N) is 1. The summed E-state index contributed by atoms with van der Waals surface area (Å²) < 4.78 is 1.50. The number of hydrogen-bond acceptors (Lipinski definition) is 6. The van der Waals surface area contributed by atoms with Gasteiger partial charge in [-0.25, -0.2) is 9.50 Å². The maximum atomic E-state index is 12.2. The first-order chi connectivity index (χ1) is 10.6. The predicted molar refractivity (Wildman–Crippen MR) is 87.1 cm³/mol. The van der Waals surface area contributed by atoms with Gasteiger partial charge >= 0.3 is 0 Å². The Morgan fingerprint density at radius 3 is 3.09 bits per heavy atom. The van der Waals surface area contributed by atoms with E-state index in [-0.39, 0.29) is 30.4 Å². The van der Waals surface area contributed by atoms with E-state index in [4.69, 9.17) is 10.8 Å². The first-order valence-electron chi connectivity index (χ1n) is 7.14. The monoisotopic (exact) mass is 322 g/mol. The molecule has 0 spiro atoms. The molecular weight excluding hydrogens is 303 g/mol. The van der Waals surface area contributed by atoms with Crippen LogP contribution in [0.5, 0.6) is 0 Å². The first kappa shape index (κ1) is 15.0. The van der Waals surface area contributed by atoms with Crippen LogP contribution < -0.4 is 16.0 Å². The van der Waals surface area contributed by atoms with Gasteiger partial charge in [0.1, 0.15) is 11.4 Å². The van der Waals surface area contributed by atoms with E-state index in [1.165, 1.54) is 4.52 Å². The molecule has 2 atom stereocenters. The average Bonchev–Trinajstić information content (AvgIpc) is 3.06. The molecule has 1 amide bonds. The SMILES string of the molecule is Nc1nn2ccc(N3CCC(P)C3)nc2c1C(=O)NCCO. The van der Waals surface area contributed by atoms with Gasteiger partial charge in [0.2, 0.25) is 0 Å². The summed E-state index contributed by atoms with van der Waals surface area (Å²) in [4.78, 5) is 18.9. The fourth-order valence-corrected chi connectivity index (χ4v) is 2.99. The molecular formula is C13H19N6O2P. The number of nitrogen functional groups attached to an aromatic ring is 1. The van der Waals surface area contributed by atoms with Crippen molar-refractivity contribution in [3.05, 3.63) is 17.8 Å². The van der Waals surface area contributed by atoms with Crippen LogP contribution in [-0.2, 0) is 0 Å². The molecule has 3 heterocycles. The molecule has 3 rings (SSSR count). The van der Waals surface area contributed by atoms with E-state index in [1.807, 2.05) is 6.07 Å². The van der Waals surface area contributed by atoms with E-state index >= 15 is 0 Å². The first-order valence-corrected chi connectivity index (χ1v) is 7.81. The molecule has 0 bridgehead atoms. The molecule has 2 aromatic rings. The third kappa shape index (κ3) is 2.71. The minimum atomic E-state index is -0.378. The van der Waals surface area contributed by atoms with Crippen LogP contribution in [0.4, 0.5) is 11.6 Å². The van der Waals surface area contributed by atoms with Gasteiger partial charge in [0.25, 0.3) is 5.91 Å². The van der Waals surface area contributed by atoms with Crippen LogP contribution in [0.2, 0.25) is 0 Å². The van der Waals surface area contributed by atoms with Crippen LogP contribution in [0.15, 0.2) is 12.3 Å². The smallest absolute Gasteiger partial charge is 0.259 e. The van der Waals surface area contributed by atoms with E-state index in [0.717, 1.165) is 25.3 Å². The van der Waals surface area contributed by atoms with E-state index in [0.29, 0.717) is 11.3 Å². The number of rotatable bonds is 4. The number of fused-ring (bicyclic) bond motifs is 1. The number of aliphatic hydroxyl groups excluding tert-OH is 1. The minimum Gasteiger partial charge on any atom is -0.395 e. The van der Waals surface area contributed by atoms with Crippen molar-refractivity contribution in [3.63, 3.8) is 0 Å². The number of aliphatic hydroxyl groups is 1. The number of carbonyl (C=O) groups is 1. The average molecular weight is 322 g/mol. The topological polar surface area (TPSA) is 109 Å². The highest BCUT2D eigenvalue weighted by molar-refractivity contribution is 7.17. The Morgan fingerprint density at radius 2 is 2.41 bits per heavy atom. The predicted octanol–water partition coefficient (Wildman–Crippen LogP) is -0.513. The summed E-state index contributed by atoms with van der Waals surface area (Å²) in [7, 11) is 2.83. The number of amides is 1. The van der Waals surface area contributed by atoms with Gasteiger partial charge in [0, 0.05) is 25.8 Å². The number of carbonyl (C=O) groups excluding carboxylic acids is 1. The molecule has 22 heavy (non-hydrogen) atoms. The molecule has 1 saturated heterocycles. The van der Waals surface area contributed by atoms with Crippen molar-refractivity contribution in [2.24, 2.45) is 0 Å². The molecule has 0 saturated carbocycles. The number of nitrogens with zero attached hydrogens (tertiary/aromatic N) is 4. The van der Waals surface area contributed by atoms with Gasteiger partial charge < -0.3 is 21.1 Å². The lowest BCUT2D eigenvalue weighted by molar-refractivity contribution is 0.0947. The Bertz CT molecular complexity index is 703. The highest BCUT2D eigenvalue weighted by Gasteiger charge is 2.23. The third-order valence-corrected chi connectivity index (χ3v) is 4.21. The number of nitrogens with two attached hydrogens (primary N) is 1. The van der Waals surface area contributed by atoms with Crippen molar-refractivity contribution in [3.8, 4) is 0 Å². The minimum absolute atomic E-state index is 0.130. The second-order valence-corrected chi connectivity index (χ2v) is 6.23. The number of aromatic nitrogens is 3. The molecule has 0 radical (unpaired) electrons. The summed E-state index contributed by atoms with van der Waals surface area (Å²) in [5, 5.41) is 15.5. The Balaban J connectivity index is 1.97. The van der Waals surface area contributed by atoms with E-state index in [2.05, 4.69) is 29.5 Å². The molecule has 1 fully saturated rings. The fraction of sp³-hybridized carbons (Fsp3) is 0.462. The Hall–Kier alpha value is -1.92. The molecule has 0 aliphatic carbocycles. The molecule has 1 aliphatic rings. The summed E-state index contributed by atoms with van der Waals surface area (Å²) in [6, 6.07) is 1.87. The van der Waals surface area contributed by atoms with E-state index < -0.39 is 0 Å². The van der Waals surface area contributed by atoms with Crippen molar-refractivity contribution in [2.45, 2.75) is 12.1 Å². The van der Waals surface area contributed by atoms with Gasteiger partial charge in [-0.05, 0) is 18.1 Å². The normalized spacial score (nSPS) is 18.1. The summed E-state index contributed by atoms with van der Waals surface area (Å²) in [5.41, 5.74) is 7.07. The maximum Gasteiger partial charge on any atom is 0.259 e. The van der Waals surface area contributed by atoms with Crippen LogP contribution in [0.3, 0.4) is 0 Å². The van der Waals surface area contributed by atoms with Gasteiger partial charge in [-0.1, -0.05) is 0 Å². The zero-order valence-electron chi connectivity index (χ0n) is 12.1. The summed E-state index contributed by atoms with van der Waals surface area (Å²) in [5.74, 6) is 0.565. The fourth-order valence-electron chi connectivity index (χ4n) is 2.58. The Morgan fingerprint density at radius 1 is 1.59 bits per heavy atom. The summed E-state index contributed by atoms with van der Waals surface area (Å²) in [6.07, 6.45) is 2.86. The molecule has 2 unspecified atom stereocenters. The Kier molecular flexibility index (Phi) is 4.13. The van der Waals surface area contributed by atoms with Crippen molar-refractivity contribution in [1.29, 1.82) is 0 Å². The highest BCUT2D eigenvalue weighted by Crippen LogP contribution is 2.24. The van der Waals surface area contributed by atoms with Gasteiger partial charge in [-0.2, -0.15) is 0 Å². The number of hydrogen-bond donors (Lipinski definition) is 3.